The minimum Gasteiger partial charge on any atom is -0.352 e. The average molecular weight is 278 g/mol. The highest BCUT2D eigenvalue weighted by atomic mass is 32.2. The summed E-state index contributed by atoms with van der Waals surface area (Å²) >= 11 is 1.69. The molecule has 2 fully saturated rings. The van der Waals surface area contributed by atoms with Gasteiger partial charge in [-0.3, -0.25) is 0 Å². The Hall–Kier alpha value is -0.810. The Morgan fingerprint density at radius 1 is 1.32 bits per heavy atom. The summed E-state index contributed by atoms with van der Waals surface area (Å²) in [6.07, 6.45) is 10.4. The van der Waals surface area contributed by atoms with Crippen LogP contribution in [0.3, 0.4) is 0 Å². The van der Waals surface area contributed by atoms with E-state index in [0.717, 1.165) is 17.4 Å². The Morgan fingerprint density at radius 3 is 2.89 bits per heavy atom. The highest BCUT2D eigenvalue weighted by molar-refractivity contribution is 7.98. The van der Waals surface area contributed by atoms with Gasteiger partial charge in [-0.15, -0.1) is 11.8 Å². The fraction of sp³-hybridized carbons (Fsp3) is 0.714. The zero-order valence-electron chi connectivity index (χ0n) is 11.5. The van der Waals surface area contributed by atoms with Crippen molar-refractivity contribution >= 4 is 17.6 Å². The van der Waals surface area contributed by atoms with Crippen molar-refractivity contribution in [2.24, 2.45) is 0 Å². The third-order valence-electron chi connectivity index (χ3n) is 3.95. The van der Waals surface area contributed by atoms with Crippen LogP contribution in [0.1, 0.15) is 32.1 Å². The summed E-state index contributed by atoms with van der Waals surface area (Å²) < 4.78 is 0. The number of hydrogen-bond donors (Lipinski definition) is 1. The van der Waals surface area contributed by atoms with E-state index in [9.17, 15) is 0 Å². The van der Waals surface area contributed by atoms with Crippen molar-refractivity contribution in [1.29, 1.82) is 0 Å². The van der Waals surface area contributed by atoms with Crippen molar-refractivity contribution in [1.82, 2.24) is 15.3 Å². The van der Waals surface area contributed by atoms with Crippen LogP contribution in [-0.2, 0) is 0 Å². The molecule has 1 atom stereocenters. The van der Waals surface area contributed by atoms with Crippen molar-refractivity contribution in [3.05, 3.63) is 12.4 Å². The molecule has 1 aromatic heterocycles. The van der Waals surface area contributed by atoms with Crippen molar-refractivity contribution in [2.45, 2.75) is 49.2 Å². The monoisotopic (exact) mass is 278 g/mol. The Labute approximate surface area is 119 Å². The maximum atomic E-state index is 4.49. The molecule has 5 heteroatoms. The second-order valence-electron chi connectivity index (χ2n) is 5.45. The van der Waals surface area contributed by atoms with Crippen LogP contribution < -0.4 is 10.2 Å². The predicted octanol–water partition coefficient (Wildman–Crippen LogP) is 2.31. The SMILES string of the molecule is CSc1cc(N(CC2CCCCN2)C2CC2)ncn1. The van der Waals surface area contributed by atoms with E-state index in [-0.39, 0.29) is 0 Å². The molecular formula is C14H22N4S. The minimum atomic E-state index is 0.627. The van der Waals surface area contributed by atoms with Gasteiger partial charge in [0, 0.05) is 24.7 Å². The highest BCUT2D eigenvalue weighted by Gasteiger charge is 2.32. The topological polar surface area (TPSA) is 41.0 Å². The summed E-state index contributed by atoms with van der Waals surface area (Å²) in [5.41, 5.74) is 0. The Kier molecular flexibility index (Phi) is 4.23. The molecule has 1 saturated heterocycles. The van der Waals surface area contributed by atoms with Crippen molar-refractivity contribution < 1.29 is 0 Å². The summed E-state index contributed by atoms with van der Waals surface area (Å²) in [6, 6.07) is 3.46. The molecule has 1 saturated carbocycles. The van der Waals surface area contributed by atoms with Gasteiger partial charge in [0.1, 0.15) is 17.2 Å². The number of nitrogens with one attached hydrogen (secondary N) is 1. The minimum absolute atomic E-state index is 0.627. The van der Waals surface area contributed by atoms with E-state index < -0.39 is 0 Å². The molecular weight excluding hydrogens is 256 g/mol. The molecule has 0 radical (unpaired) electrons. The van der Waals surface area contributed by atoms with Gasteiger partial charge in [0.25, 0.3) is 0 Å². The summed E-state index contributed by atoms with van der Waals surface area (Å²) in [5, 5.41) is 4.70. The number of piperidine rings is 1. The lowest BCUT2D eigenvalue weighted by Crippen LogP contribution is -2.44. The fourth-order valence-corrected chi connectivity index (χ4v) is 3.11. The number of hydrogen-bond acceptors (Lipinski definition) is 5. The molecule has 2 heterocycles. The van der Waals surface area contributed by atoms with Crippen LogP contribution >= 0.6 is 11.8 Å². The smallest absolute Gasteiger partial charge is 0.133 e. The molecule has 1 aromatic rings. The van der Waals surface area contributed by atoms with Gasteiger partial charge in [0.2, 0.25) is 0 Å². The summed E-state index contributed by atoms with van der Waals surface area (Å²) in [4.78, 5) is 11.3. The second-order valence-corrected chi connectivity index (χ2v) is 6.28. The van der Waals surface area contributed by atoms with Gasteiger partial charge in [0.15, 0.2) is 0 Å². The lowest BCUT2D eigenvalue weighted by atomic mass is 10.0. The predicted molar refractivity (Wildman–Crippen MR) is 79.8 cm³/mol. The summed E-state index contributed by atoms with van der Waals surface area (Å²) in [7, 11) is 0. The quantitative estimate of drug-likeness (QED) is 0.661. The molecule has 3 rings (SSSR count). The highest BCUT2D eigenvalue weighted by Crippen LogP contribution is 2.32. The van der Waals surface area contributed by atoms with Crippen LogP contribution in [0.2, 0.25) is 0 Å². The Morgan fingerprint density at radius 2 is 2.21 bits per heavy atom. The largest absolute Gasteiger partial charge is 0.352 e. The van der Waals surface area contributed by atoms with Crippen LogP contribution in [0.5, 0.6) is 0 Å². The molecule has 0 bridgehead atoms. The van der Waals surface area contributed by atoms with Gasteiger partial charge in [-0.05, 0) is 38.5 Å². The zero-order chi connectivity index (χ0) is 13.1. The van der Waals surface area contributed by atoms with Gasteiger partial charge in [-0.2, -0.15) is 0 Å². The van der Waals surface area contributed by atoms with E-state index in [1.54, 1.807) is 18.1 Å². The van der Waals surface area contributed by atoms with E-state index in [1.165, 1.54) is 38.6 Å². The normalized spacial score (nSPS) is 23.3. The molecule has 1 aliphatic carbocycles. The first-order valence-corrected chi connectivity index (χ1v) is 8.45. The number of nitrogens with zero attached hydrogens (tertiary/aromatic N) is 3. The molecule has 2 aliphatic rings. The van der Waals surface area contributed by atoms with Gasteiger partial charge < -0.3 is 10.2 Å². The van der Waals surface area contributed by atoms with E-state index >= 15 is 0 Å². The summed E-state index contributed by atoms with van der Waals surface area (Å²) in [6.45, 7) is 2.26. The van der Waals surface area contributed by atoms with E-state index in [2.05, 4.69) is 32.5 Å². The van der Waals surface area contributed by atoms with Gasteiger partial charge >= 0.3 is 0 Å². The van der Waals surface area contributed by atoms with Crippen LogP contribution in [0.4, 0.5) is 5.82 Å². The van der Waals surface area contributed by atoms with Crippen molar-refractivity contribution in [3.63, 3.8) is 0 Å². The third kappa shape index (κ3) is 3.39. The second kappa shape index (κ2) is 6.09. The number of aromatic nitrogens is 2. The van der Waals surface area contributed by atoms with E-state index in [0.29, 0.717) is 12.1 Å². The molecule has 1 unspecified atom stereocenters. The molecule has 104 valence electrons. The summed E-state index contributed by atoms with van der Waals surface area (Å²) in [5.74, 6) is 1.11. The van der Waals surface area contributed by atoms with Crippen LogP contribution in [0, 0.1) is 0 Å². The molecule has 0 aromatic carbocycles. The van der Waals surface area contributed by atoms with E-state index in [1.807, 2.05) is 0 Å². The van der Waals surface area contributed by atoms with Gasteiger partial charge in [0.05, 0.1) is 0 Å². The first-order chi connectivity index (χ1) is 9.36. The van der Waals surface area contributed by atoms with Crippen LogP contribution in [0.25, 0.3) is 0 Å². The lowest BCUT2D eigenvalue weighted by Gasteiger charge is -2.31. The molecule has 19 heavy (non-hydrogen) atoms. The zero-order valence-corrected chi connectivity index (χ0v) is 12.3. The van der Waals surface area contributed by atoms with Gasteiger partial charge in [-0.1, -0.05) is 6.42 Å². The van der Waals surface area contributed by atoms with Crippen LogP contribution in [0.15, 0.2) is 17.4 Å². The molecule has 1 N–H and O–H groups in total. The number of thioether (sulfide) groups is 1. The van der Waals surface area contributed by atoms with Gasteiger partial charge in [-0.25, -0.2) is 9.97 Å². The molecule has 0 amide bonds. The first-order valence-electron chi connectivity index (χ1n) is 7.23. The van der Waals surface area contributed by atoms with Crippen molar-refractivity contribution in [2.75, 3.05) is 24.2 Å². The maximum absolute atomic E-state index is 4.49. The average Bonchev–Trinajstić information content (AvgIpc) is 3.30. The standard InChI is InChI=1S/C14H22N4S/c1-19-14-8-13(16-10-17-14)18(12-5-6-12)9-11-4-2-3-7-15-11/h8,10-12,15H,2-7,9H2,1H3. The third-order valence-corrected chi connectivity index (χ3v) is 4.59. The number of anilines is 1. The molecule has 4 nitrogen and oxygen atoms in total. The Balaban J connectivity index is 1.72. The lowest BCUT2D eigenvalue weighted by molar-refractivity contribution is 0.397. The number of rotatable bonds is 5. The van der Waals surface area contributed by atoms with Crippen LogP contribution in [-0.4, -0.2) is 41.4 Å². The maximum Gasteiger partial charge on any atom is 0.133 e. The molecule has 1 aliphatic heterocycles. The van der Waals surface area contributed by atoms with Crippen molar-refractivity contribution in [3.8, 4) is 0 Å². The first kappa shape index (κ1) is 13.2. The molecule has 0 spiro atoms. The van der Waals surface area contributed by atoms with E-state index in [4.69, 9.17) is 0 Å². The Bertz CT molecular complexity index is 416. The fourth-order valence-electron chi connectivity index (χ4n) is 2.73.